The summed E-state index contributed by atoms with van der Waals surface area (Å²) in [6.45, 7) is 4.58. The summed E-state index contributed by atoms with van der Waals surface area (Å²) in [5.41, 5.74) is 0. The number of hydrogen-bond acceptors (Lipinski definition) is 1. The molecule has 0 saturated carbocycles. The van der Waals surface area contributed by atoms with Crippen LogP contribution in [-0.4, -0.2) is 11.5 Å². The number of thioether (sulfide) groups is 1. The van der Waals surface area contributed by atoms with E-state index in [4.69, 9.17) is 0 Å². The topological polar surface area (TPSA) is 0 Å². The molecule has 0 N–H and O–H groups in total. The first-order valence-corrected chi connectivity index (χ1v) is 9.15. The van der Waals surface area contributed by atoms with Crippen LogP contribution < -0.4 is 0 Å². The summed E-state index contributed by atoms with van der Waals surface area (Å²) in [4.78, 5) is 0. The fourth-order valence-electron chi connectivity index (χ4n) is 2.07. The summed E-state index contributed by atoms with van der Waals surface area (Å²) < 4.78 is 0. The van der Waals surface area contributed by atoms with Crippen LogP contribution in [0.15, 0.2) is 0 Å². The third-order valence-electron chi connectivity index (χ3n) is 3.28. The molecule has 0 aliphatic carbocycles. The highest BCUT2D eigenvalue weighted by Gasteiger charge is 1.93. The smallest absolute Gasteiger partial charge is 0.00675 e. The van der Waals surface area contributed by atoms with E-state index >= 15 is 0 Å². The largest absolute Gasteiger partial charge is 0.162 e. The summed E-state index contributed by atoms with van der Waals surface area (Å²) in [5.74, 6) is 2.81. The summed E-state index contributed by atoms with van der Waals surface area (Å²) in [5, 5.41) is 0. The standard InChI is InChI=1S/C16H34S/c1-3-5-7-9-10-12-14-16-17-15-13-11-8-6-4-2/h3-16H2,1-2H3. The molecule has 17 heavy (non-hydrogen) atoms. The normalized spacial score (nSPS) is 10.9. The molecule has 0 unspecified atom stereocenters. The van der Waals surface area contributed by atoms with Crippen LogP contribution in [-0.2, 0) is 0 Å². The quantitative estimate of drug-likeness (QED) is 0.323. The lowest BCUT2D eigenvalue weighted by Crippen LogP contribution is -1.86. The van der Waals surface area contributed by atoms with E-state index in [1.165, 1.54) is 88.6 Å². The van der Waals surface area contributed by atoms with Crippen molar-refractivity contribution in [1.29, 1.82) is 0 Å². The molecule has 0 amide bonds. The van der Waals surface area contributed by atoms with E-state index in [1.807, 2.05) is 0 Å². The van der Waals surface area contributed by atoms with Gasteiger partial charge in [-0.2, -0.15) is 11.8 Å². The predicted molar refractivity (Wildman–Crippen MR) is 84.1 cm³/mol. The molecule has 0 nitrogen and oxygen atoms in total. The number of rotatable bonds is 14. The average Bonchev–Trinajstić information content (AvgIpc) is 2.35. The molecule has 0 aromatic heterocycles. The highest BCUT2D eigenvalue weighted by atomic mass is 32.2. The minimum Gasteiger partial charge on any atom is -0.162 e. The van der Waals surface area contributed by atoms with Gasteiger partial charge in [-0.15, -0.1) is 0 Å². The van der Waals surface area contributed by atoms with E-state index in [0.717, 1.165) is 0 Å². The minimum atomic E-state index is 1.37. The third kappa shape index (κ3) is 16.4. The minimum absolute atomic E-state index is 1.37. The molecule has 0 aromatic rings. The Labute approximate surface area is 114 Å². The third-order valence-corrected chi connectivity index (χ3v) is 4.44. The van der Waals surface area contributed by atoms with Crippen molar-refractivity contribution in [2.75, 3.05) is 11.5 Å². The van der Waals surface area contributed by atoms with Gasteiger partial charge in [0.1, 0.15) is 0 Å². The van der Waals surface area contributed by atoms with Crippen LogP contribution >= 0.6 is 11.8 Å². The summed E-state index contributed by atoms with van der Waals surface area (Å²) in [6.07, 6.45) is 17.3. The molecule has 0 radical (unpaired) electrons. The highest BCUT2D eigenvalue weighted by molar-refractivity contribution is 7.99. The first kappa shape index (κ1) is 17.4. The first-order valence-electron chi connectivity index (χ1n) is 7.99. The predicted octanol–water partition coefficient (Wildman–Crippen LogP) is 6.44. The van der Waals surface area contributed by atoms with E-state index in [9.17, 15) is 0 Å². The first-order chi connectivity index (χ1) is 8.41. The number of hydrogen-bond donors (Lipinski definition) is 0. The summed E-state index contributed by atoms with van der Waals surface area (Å²) in [6, 6.07) is 0. The Morgan fingerprint density at radius 1 is 0.471 bits per heavy atom. The van der Waals surface area contributed by atoms with Gasteiger partial charge in [-0.1, -0.05) is 78.1 Å². The molecule has 0 aliphatic heterocycles. The number of unbranched alkanes of at least 4 members (excludes halogenated alkanes) is 10. The van der Waals surface area contributed by atoms with Crippen molar-refractivity contribution in [3.05, 3.63) is 0 Å². The zero-order chi connectivity index (χ0) is 12.6. The van der Waals surface area contributed by atoms with Crippen LogP contribution in [0.4, 0.5) is 0 Å². The zero-order valence-electron chi connectivity index (χ0n) is 12.3. The second kappa shape index (κ2) is 16.4. The van der Waals surface area contributed by atoms with E-state index < -0.39 is 0 Å². The van der Waals surface area contributed by atoms with Crippen molar-refractivity contribution >= 4 is 11.8 Å². The molecule has 0 saturated heterocycles. The lowest BCUT2D eigenvalue weighted by Gasteiger charge is -2.02. The molecule has 0 atom stereocenters. The van der Waals surface area contributed by atoms with Crippen LogP contribution in [0.2, 0.25) is 0 Å². The van der Waals surface area contributed by atoms with Gasteiger partial charge in [0.15, 0.2) is 0 Å². The Hall–Kier alpha value is 0.350. The Morgan fingerprint density at radius 3 is 1.24 bits per heavy atom. The SMILES string of the molecule is CCCCCCCCCSCCCCCCC. The average molecular weight is 259 g/mol. The maximum atomic E-state index is 2.29. The van der Waals surface area contributed by atoms with Crippen molar-refractivity contribution in [2.45, 2.75) is 90.9 Å². The fourth-order valence-corrected chi connectivity index (χ4v) is 3.09. The van der Waals surface area contributed by atoms with E-state index in [-0.39, 0.29) is 0 Å². The molecule has 0 bridgehead atoms. The highest BCUT2D eigenvalue weighted by Crippen LogP contribution is 2.13. The van der Waals surface area contributed by atoms with E-state index in [2.05, 4.69) is 25.6 Å². The van der Waals surface area contributed by atoms with Crippen LogP contribution in [0.5, 0.6) is 0 Å². The van der Waals surface area contributed by atoms with Crippen molar-refractivity contribution < 1.29 is 0 Å². The van der Waals surface area contributed by atoms with Gasteiger partial charge in [0.05, 0.1) is 0 Å². The van der Waals surface area contributed by atoms with Gasteiger partial charge >= 0.3 is 0 Å². The molecular weight excluding hydrogens is 224 g/mol. The molecule has 0 fully saturated rings. The van der Waals surface area contributed by atoms with Crippen molar-refractivity contribution in [1.82, 2.24) is 0 Å². The van der Waals surface area contributed by atoms with E-state index in [1.54, 1.807) is 0 Å². The van der Waals surface area contributed by atoms with Crippen LogP contribution in [0.1, 0.15) is 90.9 Å². The molecule has 0 rings (SSSR count). The molecule has 0 aliphatic rings. The molecule has 1 heteroatoms. The van der Waals surface area contributed by atoms with Crippen molar-refractivity contribution in [3.8, 4) is 0 Å². The second-order valence-electron chi connectivity index (χ2n) is 5.15. The lowest BCUT2D eigenvalue weighted by molar-refractivity contribution is 0.603. The second-order valence-corrected chi connectivity index (χ2v) is 6.37. The van der Waals surface area contributed by atoms with Gasteiger partial charge in [0.25, 0.3) is 0 Å². The maximum absolute atomic E-state index is 2.29. The summed E-state index contributed by atoms with van der Waals surface area (Å²) >= 11 is 2.18. The van der Waals surface area contributed by atoms with Crippen LogP contribution in [0.3, 0.4) is 0 Å². The Kier molecular flexibility index (Phi) is 16.7. The van der Waals surface area contributed by atoms with Crippen molar-refractivity contribution in [3.63, 3.8) is 0 Å². The van der Waals surface area contributed by atoms with Gasteiger partial charge in [-0.05, 0) is 24.3 Å². The van der Waals surface area contributed by atoms with Gasteiger partial charge in [0.2, 0.25) is 0 Å². The van der Waals surface area contributed by atoms with Gasteiger partial charge in [-0.3, -0.25) is 0 Å². The zero-order valence-corrected chi connectivity index (χ0v) is 13.1. The molecular formula is C16H34S. The van der Waals surface area contributed by atoms with Gasteiger partial charge < -0.3 is 0 Å². The lowest BCUT2D eigenvalue weighted by atomic mass is 10.1. The van der Waals surface area contributed by atoms with Crippen molar-refractivity contribution in [2.24, 2.45) is 0 Å². The Bertz CT molecular complexity index is 109. The van der Waals surface area contributed by atoms with Crippen LogP contribution in [0.25, 0.3) is 0 Å². The molecule has 0 spiro atoms. The maximum Gasteiger partial charge on any atom is -0.00675 e. The molecule has 0 aromatic carbocycles. The molecule has 104 valence electrons. The van der Waals surface area contributed by atoms with Crippen LogP contribution in [0, 0.1) is 0 Å². The van der Waals surface area contributed by atoms with E-state index in [0.29, 0.717) is 0 Å². The van der Waals surface area contributed by atoms with Gasteiger partial charge in [-0.25, -0.2) is 0 Å². The Morgan fingerprint density at radius 2 is 0.824 bits per heavy atom. The fraction of sp³-hybridized carbons (Fsp3) is 1.00. The Balaban J connectivity index is 2.85. The monoisotopic (exact) mass is 258 g/mol. The molecule has 0 heterocycles. The van der Waals surface area contributed by atoms with Gasteiger partial charge in [0, 0.05) is 0 Å². The summed E-state index contributed by atoms with van der Waals surface area (Å²) in [7, 11) is 0.